The molecule has 0 bridgehead atoms. The summed E-state index contributed by atoms with van der Waals surface area (Å²) in [6.45, 7) is 5.47. The Morgan fingerprint density at radius 1 is 0.368 bits per heavy atom. The van der Waals surface area contributed by atoms with Gasteiger partial charge in [-0.3, -0.25) is 9.59 Å². The SMILES string of the molecule is O=C(COc1ccc2sc3ccccc3c(=O)c2c1)OCC(O)COCCOCCOCCOCCOCCOCCOCCOCCOCCOCC(O)COC(=O)COc1ccc2sc3ccccc3c(=O)c2c1. The molecule has 0 aliphatic heterocycles. The van der Waals surface area contributed by atoms with E-state index in [-0.39, 0.29) is 63.7 Å². The minimum atomic E-state index is -1.02. The van der Waals surface area contributed by atoms with E-state index in [4.69, 9.17) is 66.3 Å². The summed E-state index contributed by atoms with van der Waals surface area (Å²) in [6, 6.07) is 25.0. The Kier molecular flexibility index (Phi) is 27.8. The van der Waals surface area contributed by atoms with E-state index < -0.39 is 24.1 Å². The molecule has 0 saturated carbocycles. The predicted octanol–water partition coefficient (Wildman–Crippen LogP) is 4.57. The van der Waals surface area contributed by atoms with Crippen LogP contribution in [0.15, 0.2) is 94.5 Å². The summed E-state index contributed by atoms with van der Waals surface area (Å²) in [5, 5.41) is 22.5. The predicted molar refractivity (Wildman–Crippen MR) is 284 cm³/mol. The molecule has 2 heterocycles. The fourth-order valence-electron chi connectivity index (χ4n) is 6.90. The maximum absolute atomic E-state index is 12.9. The van der Waals surface area contributed by atoms with E-state index in [1.54, 1.807) is 48.5 Å². The Labute approximate surface area is 447 Å². The molecule has 0 radical (unpaired) electrons. The van der Waals surface area contributed by atoms with Crippen LogP contribution in [0.4, 0.5) is 0 Å². The van der Waals surface area contributed by atoms with Gasteiger partial charge in [-0.1, -0.05) is 24.3 Å². The first-order valence-corrected chi connectivity index (χ1v) is 26.5. The van der Waals surface area contributed by atoms with Gasteiger partial charge in [0.2, 0.25) is 0 Å². The molecular formula is C54H66O20S2. The molecule has 76 heavy (non-hydrogen) atoms. The lowest BCUT2D eigenvalue weighted by Crippen LogP contribution is -2.26. The first-order valence-electron chi connectivity index (χ1n) is 24.9. The molecular weight excluding hydrogens is 1030 g/mol. The van der Waals surface area contributed by atoms with Crippen molar-refractivity contribution < 1.29 is 86.1 Å². The summed E-state index contributed by atoms with van der Waals surface area (Å²) < 4.78 is 79.4. The van der Waals surface area contributed by atoms with Crippen LogP contribution in [0.1, 0.15) is 0 Å². The fourth-order valence-corrected chi connectivity index (χ4v) is 9.01. The van der Waals surface area contributed by atoms with E-state index in [9.17, 15) is 29.4 Å². The van der Waals surface area contributed by atoms with Crippen LogP contribution in [0.5, 0.6) is 11.5 Å². The largest absolute Gasteiger partial charge is 0.482 e. The number of fused-ring (bicyclic) bond motifs is 4. The van der Waals surface area contributed by atoms with Gasteiger partial charge in [0, 0.05) is 40.3 Å². The Morgan fingerprint density at radius 2 is 0.658 bits per heavy atom. The van der Waals surface area contributed by atoms with E-state index in [1.807, 2.05) is 36.4 Å². The van der Waals surface area contributed by atoms with Crippen molar-refractivity contribution in [3.8, 4) is 11.5 Å². The molecule has 414 valence electrons. The zero-order chi connectivity index (χ0) is 53.4. The van der Waals surface area contributed by atoms with Crippen molar-refractivity contribution in [1.82, 2.24) is 0 Å². The molecule has 0 saturated heterocycles. The number of aliphatic hydroxyl groups excluding tert-OH is 2. The third-order valence-corrected chi connectivity index (χ3v) is 13.0. The van der Waals surface area contributed by atoms with Crippen LogP contribution in [0.25, 0.3) is 40.3 Å². The maximum atomic E-state index is 12.9. The second-order valence-corrected chi connectivity index (χ2v) is 18.6. The molecule has 20 nitrogen and oxygen atoms in total. The van der Waals surface area contributed by atoms with Crippen LogP contribution < -0.4 is 20.3 Å². The lowest BCUT2D eigenvalue weighted by Gasteiger charge is -2.13. The second kappa shape index (κ2) is 35.2. The number of carbonyl (C=O) groups excluding carboxylic acids is 2. The number of aliphatic hydroxyl groups is 2. The van der Waals surface area contributed by atoms with E-state index >= 15 is 0 Å². The molecule has 22 heteroatoms. The van der Waals surface area contributed by atoms with Crippen molar-refractivity contribution in [3.63, 3.8) is 0 Å². The Morgan fingerprint density at radius 3 is 0.987 bits per heavy atom. The van der Waals surface area contributed by atoms with Gasteiger partial charge in [0.15, 0.2) is 24.1 Å². The molecule has 0 aliphatic rings. The summed E-state index contributed by atoms with van der Waals surface area (Å²) in [5.74, 6) is -0.584. The van der Waals surface area contributed by atoms with Gasteiger partial charge in [0.25, 0.3) is 0 Å². The molecule has 6 aromatic rings. The number of rotatable bonds is 41. The molecule has 0 amide bonds. The minimum Gasteiger partial charge on any atom is -0.482 e. The van der Waals surface area contributed by atoms with Crippen molar-refractivity contribution in [2.75, 3.05) is 159 Å². The topological polar surface area (TPSA) is 238 Å². The standard InChI is InChI=1S/C54H66O20S2/c55-39(35-73-51(57)37-71-41-9-11-49-45(31-41)53(59)43-5-1-3-7-47(43)75-49)33-69-29-27-67-25-23-65-21-19-63-17-15-61-13-14-62-16-18-64-20-22-66-24-26-68-28-30-70-34-40(56)36-74-52(58)38-72-42-10-12-50-46(32-42)54(60)44-6-2-4-8-48(44)76-50/h1-12,31-32,39-40,55-56H,13-30,33-38H2. The first-order chi connectivity index (χ1) is 37.2. The van der Waals surface area contributed by atoms with Gasteiger partial charge in [-0.2, -0.15) is 0 Å². The van der Waals surface area contributed by atoms with Gasteiger partial charge < -0.3 is 76.5 Å². The van der Waals surface area contributed by atoms with Gasteiger partial charge in [0.1, 0.15) is 36.9 Å². The minimum absolute atomic E-state index is 0.0384. The molecule has 0 fully saturated rings. The highest BCUT2D eigenvalue weighted by Gasteiger charge is 2.14. The van der Waals surface area contributed by atoms with Gasteiger partial charge in [-0.05, 0) is 60.7 Å². The number of hydrogen-bond acceptors (Lipinski definition) is 22. The average Bonchev–Trinajstić information content (AvgIpc) is 3.44. The highest BCUT2D eigenvalue weighted by atomic mass is 32.1. The zero-order valence-corrected chi connectivity index (χ0v) is 43.9. The van der Waals surface area contributed by atoms with Gasteiger partial charge >= 0.3 is 11.9 Å². The zero-order valence-electron chi connectivity index (χ0n) is 42.3. The Bertz CT molecular complexity index is 2580. The normalized spacial score (nSPS) is 12.4. The van der Waals surface area contributed by atoms with Gasteiger partial charge in [-0.15, -0.1) is 22.7 Å². The molecule has 6 rings (SSSR count). The van der Waals surface area contributed by atoms with Crippen molar-refractivity contribution in [2.24, 2.45) is 0 Å². The van der Waals surface area contributed by atoms with Crippen LogP contribution >= 0.6 is 22.7 Å². The summed E-state index contributed by atoms with van der Waals surface area (Å²) in [6.07, 6.45) is -2.03. The molecule has 2 aromatic heterocycles. The molecule has 2 atom stereocenters. The molecule has 2 unspecified atom stereocenters. The highest BCUT2D eigenvalue weighted by Crippen LogP contribution is 2.28. The van der Waals surface area contributed by atoms with Crippen molar-refractivity contribution in [1.29, 1.82) is 0 Å². The Hall–Kier alpha value is -5.28. The van der Waals surface area contributed by atoms with Crippen molar-refractivity contribution in [2.45, 2.75) is 12.2 Å². The third-order valence-electron chi connectivity index (χ3n) is 10.6. The number of ether oxygens (including phenoxy) is 14. The van der Waals surface area contributed by atoms with Crippen LogP contribution in [0.2, 0.25) is 0 Å². The first kappa shape index (κ1) is 60.0. The van der Waals surface area contributed by atoms with Crippen molar-refractivity contribution in [3.05, 3.63) is 105 Å². The van der Waals surface area contributed by atoms with E-state index in [0.29, 0.717) is 139 Å². The summed E-state index contributed by atoms with van der Waals surface area (Å²) in [7, 11) is 0. The smallest absolute Gasteiger partial charge is 0.344 e. The molecule has 0 aliphatic carbocycles. The molecule has 2 N–H and O–H groups in total. The third kappa shape index (κ3) is 22.0. The van der Waals surface area contributed by atoms with E-state index in [1.165, 1.54) is 22.7 Å². The summed E-state index contributed by atoms with van der Waals surface area (Å²) in [5.41, 5.74) is -0.192. The van der Waals surface area contributed by atoms with E-state index in [0.717, 1.165) is 18.8 Å². The number of benzene rings is 4. The molecule has 0 spiro atoms. The van der Waals surface area contributed by atoms with Gasteiger partial charge in [-0.25, -0.2) is 9.59 Å². The highest BCUT2D eigenvalue weighted by molar-refractivity contribution is 7.24. The van der Waals surface area contributed by atoms with Gasteiger partial charge in [0.05, 0.1) is 132 Å². The second-order valence-electron chi connectivity index (χ2n) is 16.5. The summed E-state index contributed by atoms with van der Waals surface area (Å²) >= 11 is 3.02. The van der Waals surface area contributed by atoms with Crippen molar-refractivity contribution >= 4 is 75.0 Å². The van der Waals surface area contributed by atoms with E-state index in [2.05, 4.69) is 0 Å². The van der Waals surface area contributed by atoms with Crippen LogP contribution in [0.3, 0.4) is 0 Å². The summed E-state index contributed by atoms with van der Waals surface area (Å²) in [4.78, 5) is 50.1. The lowest BCUT2D eigenvalue weighted by molar-refractivity contribution is -0.151. The van der Waals surface area contributed by atoms with Crippen LogP contribution in [-0.4, -0.2) is 193 Å². The fraction of sp³-hybridized carbons (Fsp3) is 0.481. The number of esters is 2. The average molecular weight is 1100 g/mol. The monoisotopic (exact) mass is 1100 g/mol. The number of carbonyl (C=O) groups is 2. The Balaban J connectivity index is 0.607. The number of hydrogen-bond donors (Lipinski definition) is 2. The maximum Gasteiger partial charge on any atom is 0.344 e. The van der Waals surface area contributed by atoms with Crippen LogP contribution in [-0.2, 0) is 66.4 Å². The molecule has 4 aromatic carbocycles. The van der Waals surface area contributed by atoms with Crippen LogP contribution in [0, 0.1) is 0 Å². The lowest BCUT2D eigenvalue weighted by atomic mass is 10.2. The quantitative estimate of drug-likeness (QED) is 0.0304.